The molecule has 2 atom stereocenters. The summed E-state index contributed by atoms with van der Waals surface area (Å²) < 4.78 is 5.28. The fraction of sp³-hybridized carbons (Fsp3) is 0.938. The van der Waals surface area contributed by atoms with Crippen molar-refractivity contribution in [1.82, 2.24) is 10.2 Å². The first kappa shape index (κ1) is 15.3. The second-order valence-electron chi connectivity index (χ2n) is 7.17. The van der Waals surface area contributed by atoms with Gasteiger partial charge in [0.1, 0.15) is 5.54 Å². The van der Waals surface area contributed by atoms with Crippen LogP contribution in [0.1, 0.15) is 38.5 Å². The first-order chi connectivity index (χ1) is 10.1. The molecule has 0 aromatic heterocycles. The Balaban J connectivity index is 1.66. The maximum atomic E-state index is 12.0. The molecule has 5 nitrogen and oxygen atoms in total. The Labute approximate surface area is 127 Å². The van der Waals surface area contributed by atoms with E-state index in [4.69, 9.17) is 4.74 Å². The van der Waals surface area contributed by atoms with Crippen LogP contribution in [0.4, 0.5) is 0 Å². The number of methoxy groups -OCH3 is 1. The molecule has 1 heterocycles. The molecule has 21 heavy (non-hydrogen) atoms. The van der Waals surface area contributed by atoms with Crippen LogP contribution in [0.5, 0.6) is 0 Å². The third-order valence-electron chi connectivity index (χ3n) is 5.17. The molecular formula is C16H28N2O3. The third-order valence-corrected chi connectivity index (χ3v) is 5.17. The number of rotatable bonds is 8. The van der Waals surface area contributed by atoms with Gasteiger partial charge in [-0.1, -0.05) is 0 Å². The molecule has 2 saturated carbocycles. The SMILES string of the molecule is COCC1CCCN(CC(NC2CC2)(C(=O)O)C2CC2)C1. The summed E-state index contributed by atoms with van der Waals surface area (Å²) in [6.45, 7) is 3.44. The molecule has 2 unspecified atom stereocenters. The van der Waals surface area contributed by atoms with E-state index in [2.05, 4.69) is 10.2 Å². The fourth-order valence-electron chi connectivity index (χ4n) is 3.78. The van der Waals surface area contributed by atoms with Gasteiger partial charge in [-0.15, -0.1) is 0 Å². The molecule has 2 N–H and O–H groups in total. The monoisotopic (exact) mass is 296 g/mol. The van der Waals surface area contributed by atoms with Crippen molar-refractivity contribution in [2.45, 2.75) is 50.1 Å². The van der Waals surface area contributed by atoms with E-state index in [1.54, 1.807) is 7.11 Å². The molecular weight excluding hydrogens is 268 g/mol. The maximum Gasteiger partial charge on any atom is 0.325 e. The number of aliphatic carboxylic acids is 1. The van der Waals surface area contributed by atoms with Crippen LogP contribution in [-0.4, -0.2) is 60.9 Å². The molecule has 3 rings (SSSR count). The highest BCUT2D eigenvalue weighted by atomic mass is 16.5. The molecule has 0 radical (unpaired) electrons. The molecule has 3 aliphatic rings. The molecule has 0 aromatic carbocycles. The van der Waals surface area contributed by atoms with Crippen molar-refractivity contribution in [1.29, 1.82) is 0 Å². The van der Waals surface area contributed by atoms with Gasteiger partial charge in [0.15, 0.2) is 0 Å². The molecule has 0 spiro atoms. The van der Waals surface area contributed by atoms with Gasteiger partial charge in [0.2, 0.25) is 0 Å². The Hall–Kier alpha value is -0.650. The van der Waals surface area contributed by atoms with Gasteiger partial charge in [-0.05, 0) is 56.9 Å². The first-order valence-corrected chi connectivity index (χ1v) is 8.36. The lowest BCUT2D eigenvalue weighted by atomic mass is 9.89. The van der Waals surface area contributed by atoms with Crippen LogP contribution in [0.3, 0.4) is 0 Å². The highest BCUT2D eigenvalue weighted by molar-refractivity contribution is 5.80. The highest BCUT2D eigenvalue weighted by Gasteiger charge is 2.54. The zero-order valence-electron chi connectivity index (χ0n) is 13.0. The molecule has 1 aliphatic heterocycles. The second-order valence-corrected chi connectivity index (χ2v) is 7.17. The van der Waals surface area contributed by atoms with Gasteiger partial charge in [0, 0.05) is 26.2 Å². The van der Waals surface area contributed by atoms with E-state index < -0.39 is 11.5 Å². The standard InChI is InChI=1S/C16H28N2O3/c1-21-10-12-3-2-8-18(9-12)11-16(15(19)20,13-4-5-13)17-14-6-7-14/h12-14,17H,2-11H2,1H3,(H,19,20). The average molecular weight is 296 g/mol. The Morgan fingerprint density at radius 2 is 2.10 bits per heavy atom. The summed E-state index contributed by atoms with van der Waals surface area (Å²) in [4.78, 5) is 14.4. The van der Waals surface area contributed by atoms with Crippen LogP contribution in [-0.2, 0) is 9.53 Å². The van der Waals surface area contributed by atoms with E-state index in [0.717, 1.165) is 51.8 Å². The summed E-state index contributed by atoms with van der Waals surface area (Å²) in [5.41, 5.74) is -0.712. The van der Waals surface area contributed by atoms with Gasteiger partial charge in [-0.3, -0.25) is 10.1 Å². The lowest BCUT2D eigenvalue weighted by molar-refractivity contribution is -0.147. The van der Waals surface area contributed by atoms with Crippen LogP contribution in [0, 0.1) is 11.8 Å². The molecule has 5 heteroatoms. The van der Waals surface area contributed by atoms with Gasteiger partial charge >= 0.3 is 5.97 Å². The maximum absolute atomic E-state index is 12.0. The van der Waals surface area contributed by atoms with Crippen molar-refractivity contribution in [2.24, 2.45) is 11.8 Å². The summed E-state index contributed by atoms with van der Waals surface area (Å²) >= 11 is 0. The normalized spacial score (nSPS) is 30.0. The Bertz CT molecular complexity index is 380. The van der Waals surface area contributed by atoms with Gasteiger partial charge < -0.3 is 14.7 Å². The second kappa shape index (κ2) is 6.23. The van der Waals surface area contributed by atoms with Gasteiger partial charge in [0.25, 0.3) is 0 Å². The fourth-order valence-corrected chi connectivity index (χ4v) is 3.78. The molecule has 0 amide bonds. The number of nitrogens with one attached hydrogen (secondary N) is 1. The summed E-state index contributed by atoms with van der Waals surface area (Å²) in [6, 6.07) is 0.432. The number of carboxylic acid groups (broad SMARTS) is 1. The number of carbonyl (C=O) groups is 1. The number of hydrogen-bond donors (Lipinski definition) is 2. The minimum atomic E-state index is -0.712. The van der Waals surface area contributed by atoms with E-state index in [-0.39, 0.29) is 0 Å². The molecule has 0 bridgehead atoms. The number of ether oxygens (including phenoxy) is 1. The number of likely N-dealkylation sites (tertiary alicyclic amines) is 1. The van der Waals surface area contributed by atoms with Crippen LogP contribution < -0.4 is 5.32 Å². The summed E-state index contributed by atoms with van der Waals surface area (Å²) in [7, 11) is 1.75. The molecule has 1 saturated heterocycles. The van der Waals surface area contributed by atoms with Crippen molar-refractivity contribution in [3.8, 4) is 0 Å². The topological polar surface area (TPSA) is 61.8 Å². The summed E-state index contributed by atoms with van der Waals surface area (Å²) in [5.74, 6) is 0.222. The lowest BCUT2D eigenvalue weighted by Crippen LogP contribution is -2.62. The predicted molar refractivity (Wildman–Crippen MR) is 80.3 cm³/mol. The molecule has 0 aromatic rings. The van der Waals surface area contributed by atoms with Crippen molar-refractivity contribution >= 4 is 5.97 Å². The van der Waals surface area contributed by atoms with Crippen LogP contribution in [0.15, 0.2) is 0 Å². The van der Waals surface area contributed by atoms with E-state index >= 15 is 0 Å². The van der Waals surface area contributed by atoms with Crippen LogP contribution >= 0.6 is 0 Å². The number of nitrogens with zero attached hydrogens (tertiary/aromatic N) is 1. The number of hydrogen-bond acceptors (Lipinski definition) is 4. The predicted octanol–water partition coefficient (Wildman–Crippen LogP) is 1.33. The van der Waals surface area contributed by atoms with Crippen LogP contribution in [0.25, 0.3) is 0 Å². The largest absolute Gasteiger partial charge is 0.480 e. The van der Waals surface area contributed by atoms with Gasteiger partial charge in [0.05, 0.1) is 6.61 Å². The van der Waals surface area contributed by atoms with Crippen LogP contribution in [0.2, 0.25) is 0 Å². The zero-order chi connectivity index (χ0) is 14.9. The molecule has 2 aliphatic carbocycles. The van der Waals surface area contributed by atoms with Crippen molar-refractivity contribution < 1.29 is 14.6 Å². The Morgan fingerprint density at radius 3 is 2.67 bits per heavy atom. The van der Waals surface area contributed by atoms with E-state index in [9.17, 15) is 9.90 Å². The minimum Gasteiger partial charge on any atom is -0.480 e. The Kier molecular flexibility index (Phi) is 4.52. The first-order valence-electron chi connectivity index (χ1n) is 8.36. The Morgan fingerprint density at radius 1 is 1.33 bits per heavy atom. The number of carboxylic acids is 1. The summed E-state index contributed by atoms with van der Waals surface area (Å²) in [5, 5.41) is 13.4. The highest BCUT2D eigenvalue weighted by Crippen LogP contribution is 2.42. The molecule has 120 valence electrons. The quantitative estimate of drug-likeness (QED) is 0.707. The van der Waals surface area contributed by atoms with Crippen molar-refractivity contribution in [2.75, 3.05) is 33.4 Å². The van der Waals surface area contributed by atoms with Crippen molar-refractivity contribution in [3.63, 3.8) is 0 Å². The molecule has 3 fully saturated rings. The van der Waals surface area contributed by atoms with E-state index in [0.29, 0.717) is 24.4 Å². The average Bonchev–Trinajstić information content (AvgIpc) is 3.32. The van der Waals surface area contributed by atoms with E-state index in [1.807, 2.05) is 0 Å². The smallest absolute Gasteiger partial charge is 0.325 e. The minimum absolute atomic E-state index is 0.318. The zero-order valence-corrected chi connectivity index (χ0v) is 13.0. The van der Waals surface area contributed by atoms with Gasteiger partial charge in [-0.25, -0.2) is 0 Å². The van der Waals surface area contributed by atoms with E-state index in [1.165, 1.54) is 6.42 Å². The lowest BCUT2D eigenvalue weighted by Gasteiger charge is -2.40. The summed E-state index contributed by atoms with van der Waals surface area (Å²) in [6.07, 6.45) is 6.73. The van der Waals surface area contributed by atoms with Gasteiger partial charge in [-0.2, -0.15) is 0 Å². The van der Waals surface area contributed by atoms with Crippen molar-refractivity contribution in [3.05, 3.63) is 0 Å². The number of piperidine rings is 1. The third kappa shape index (κ3) is 3.58.